The van der Waals surface area contributed by atoms with E-state index in [0.717, 1.165) is 5.56 Å². The first-order valence-corrected chi connectivity index (χ1v) is 11.2. The molecule has 152 valence electrons. The van der Waals surface area contributed by atoms with Crippen LogP contribution in [0.4, 0.5) is 0 Å². The van der Waals surface area contributed by atoms with Gasteiger partial charge < -0.3 is 4.74 Å². The van der Waals surface area contributed by atoms with Gasteiger partial charge in [-0.3, -0.25) is 9.69 Å². The second-order valence-electron chi connectivity index (χ2n) is 6.91. The Kier molecular flexibility index (Phi) is 7.52. The molecule has 8 heteroatoms. The van der Waals surface area contributed by atoms with Crippen LogP contribution in [0.25, 0.3) is 6.08 Å². The molecule has 0 aliphatic carbocycles. The molecular weight excluding hydrogens is 469 g/mol. The van der Waals surface area contributed by atoms with Crippen molar-refractivity contribution in [2.24, 2.45) is 5.92 Å². The van der Waals surface area contributed by atoms with Crippen LogP contribution >= 0.6 is 58.8 Å². The Hall–Kier alpha value is -1.24. The smallest absolute Gasteiger partial charge is 0.266 e. The quantitative estimate of drug-likeness (QED) is 0.322. The zero-order chi connectivity index (χ0) is 21.1. The van der Waals surface area contributed by atoms with Crippen LogP contribution in [0.3, 0.4) is 0 Å². The van der Waals surface area contributed by atoms with Crippen molar-refractivity contribution in [3.05, 3.63) is 67.5 Å². The molecule has 1 fully saturated rings. The number of hydrogen-bond donors (Lipinski definition) is 0. The first-order chi connectivity index (χ1) is 13.7. The largest absolute Gasteiger partial charge is 0.486 e. The van der Waals surface area contributed by atoms with Gasteiger partial charge in [-0.25, -0.2) is 0 Å². The number of amides is 1. The highest BCUT2D eigenvalue weighted by molar-refractivity contribution is 8.26. The van der Waals surface area contributed by atoms with Gasteiger partial charge in [-0.2, -0.15) is 0 Å². The summed E-state index contributed by atoms with van der Waals surface area (Å²) in [7, 11) is 0. The summed E-state index contributed by atoms with van der Waals surface area (Å²) >= 11 is 25.3. The summed E-state index contributed by atoms with van der Waals surface area (Å²) in [6.07, 6.45) is 1.75. The number of hydrogen-bond acceptors (Lipinski definition) is 4. The Morgan fingerprint density at radius 3 is 2.34 bits per heavy atom. The minimum atomic E-state index is -0.0935. The van der Waals surface area contributed by atoms with Gasteiger partial charge in [0.05, 0.1) is 15.0 Å². The number of benzene rings is 2. The minimum Gasteiger partial charge on any atom is -0.486 e. The third-order valence-corrected chi connectivity index (χ3v) is 6.23. The van der Waals surface area contributed by atoms with Crippen molar-refractivity contribution < 1.29 is 9.53 Å². The Bertz CT molecular complexity index is 951. The van der Waals surface area contributed by atoms with Crippen molar-refractivity contribution in [3.63, 3.8) is 0 Å². The van der Waals surface area contributed by atoms with E-state index in [-0.39, 0.29) is 5.91 Å². The number of thiocarbonyl (C=S) groups is 1. The lowest BCUT2D eigenvalue weighted by Gasteiger charge is -2.16. The third-order valence-electron chi connectivity index (χ3n) is 4.04. The maximum atomic E-state index is 12.6. The van der Waals surface area contributed by atoms with E-state index in [1.807, 2.05) is 26.0 Å². The second kappa shape index (κ2) is 9.71. The molecule has 0 unspecified atom stereocenters. The molecule has 0 bridgehead atoms. The van der Waals surface area contributed by atoms with Crippen molar-refractivity contribution in [2.45, 2.75) is 20.5 Å². The summed E-state index contributed by atoms with van der Waals surface area (Å²) in [4.78, 5) is 14.8. The molecule has 1 amide bonds. The molecule has 29 heavy (non-hydrogen) atoms. The van der Waals surface area contributed by atoms with Crippen molar-refractivity contribution in [2.75, 3.05) is 6.54 Å². The number of ether oxygens (including phenoxy) is 1. The number of rotatable bonds is 6. The number of carbonyl (C=O) groups excluding carboxylic acids is 1. The fraction of sp³-hybridized carbons (Fsp3) is 0.238. The number of thioether (sulfide) groups is 1. The van der Waals surface area contributed by atoms with Crippen LogP contribution in [-0.4, -0.2) is 21.7 Å². The molecule has 0 saturated carbocycles. The normalized spacial score (nSPS) is 15.7. The average Bonchev–Trinajstić information content (AvgIpc) is 2.89. The molecule has 0 atom stereocenters. The fourth-order valence-electron chi connectivity index (χ4n) is 2.71. The minimum absolute atomic E-state index is 0.0935. The molecule has 1 aliphatic rings. The van der Waals surface area contributed by atoms with Crippen LogP contribution in [0.1, 0.15) is 25.0 Å². The van der Waals surface area contributed by atoms with Crippen molar-refractivity contribution in [1.82, 2.24) is 4.90 Å². The maximum Gasteiger partial charge on any atom is 0.266 e. The predicted octanol–water partition coefficient (Wildman–Crippen LogP) is 7.08. The average molecular weight is 487 g/mol. The van der Waals surface area contributed by atoms with Gasteiger partial charge in [-0.1, -0.05) is 84.8 Å². The van der Waals surface area contributed by atoms with Gasteiger partial charge in [0.15, 0.2) is 5.75 Å². The van der Waals surface area contributed by atoms with Crippen molar-refractivity contribution in [1.29, 1.82) is 0 Å². The number of nitrogens with zero attached hydrogens (tertiary/aromatic N) is 1. The highest BCUT2D eigenvalue weighted by Gasteiger charge is 2.32. The van der Waals surface area contributed by atoms with E-state index >= 15 is 0 Å². The molecule has 1 aliphatic heterocycles. The van der Waals surface area contributed by atoms with Crippen molar-refractivity contribution >= 4 is 75.1 Å². The van der Waals surface area contributed by atoms with Crippen LogP contribution in [-0.2, 0) is 11.4 Å². The monoisotopic (exact) mass is 485 g/mol. The highest BCUT2D eigenvalue weighted by Crippen LogP contribution is 2.38. The molecule has 3 rings (SSSR count). The maximum absolute atomic E-state index is 12.6. The van der Waals surface area contributed by atoms with Gasteiger partial charge in [-0.15, -0.1) is 0 Å². The van der Waals surface area contributed by atoms with E-state index in [0.29, 0.717) is 54.7 Å². The van der Waals surface area contributed by atoms with Crippen LogP contribution in [0.2, 0.25) is 15.1 Å². The standard InChI is InChI=1S/C21H18Cl3NO2S2/c1-12(2)10-25-20(26)18(29-21(25)28)9-14-7-16(23)19(17(24)8-14)27-11-13-3-5-15(22)6-4-13/h3-9,12H,10-11H2,1-2H3/b18-9-. The number of halogens is 3. The summed E-state index contributed by atoms with van der Waals surface area (Å²) < 4.78 is 6.35. The van der Waals surface area contributed by atoms with E-state index in [4.69, 9.17) is 51.8 Å². The lowest BCUT2D eigenvalue weighted by molar-refractivity contribution is -0.122. The summed E-state index contributed by atoms with van der Waals surface area (Å²) in [5.74, 6) is 0.634. The van der Waals surface area contributed by atoms with Crippen LogP contribution < -0.4 is 4.74 Å². The van der Waals surface area contributed by atoms with Crippen LogP contribution in [0.5, 0.6) is 5.75 Å². The molecule has 3 nitrogen and oxygen atoms in total. The van der Waals surface area contributed by atoms with Gasteiger partial charge in [-0.05, 0) is 47.4 Å². The molecule has 2 aromatic rings. The van der Waals surface area contributed by atoms with E-state index in [9.17, 15) is 4.79 Å². The Balaban J connectivity index is 1.77. The Labute approximate surface area is 195 Å². The molecule has 0 N–H and O–H groups in total. The summed E-state index contributed by atoms with van der Waals surface area (Å²) in [6.45, 7) is 5.00. The number of carbonyl (C=O) groups is 1. The van der Waals surface area contributed by atoms with Crippen LogP contribution in [0.15, 0.2) is 41.3 Å². The Morgan fingerprint density at radius 1 is 1.14 bits per heavy atom. The van der Waals surface area contributed by atoms with E-state index in [1.54, 1.807) is 35.2 Å². The first-order valence-electron chi connectivity index (χ1n) is 8.86. The van der Waals surface area contributed by atoms with Crippen LogP contribution in [0, 0.1) is 5.92 Å². The summed E-state index contributed by atoms with van der Waals surface area (Å²) in [5, 5.41) is 1.40. The van der Waals surface area contributed by atoms with Gasteiger partial charge in [0.25, 0.3) is 5.91 Å². The first kappa shape index (κ1) is 22.4. The van der Waals surface area contributed by atoms with E-state index < -0.39 is 0 Å². The SMILES string of the molecule is CC(C)CN1C(=O)/C(=C/c2cc(Cl)c(OCc3ccc(Cl)cc3)c(Cl)c2)SC1=S. The lowest BCUT2D eigenvalue weighted by atomic mass is 10.2. The molecular formula is C21H18Cl3NO2S2. The molecule has 1 saturated heterocycles. The molecule has 1 heterocycles. The summed E-state index contributed by atoms with van der Waals surface area (Å²) in [5.41, 5.74) is 1.66. The third kappa shape index (κ3) is 5.68. The summed E-state index contributed by atoms with van der Waals surface area (Å²) in [6, 6.07) is 10.8. The van der Waals surface area contributed by atoms with Gasteiger partial charge in [0.2, 0.25) is 0 Å². The van der Waals surface area contributed by atoms with E-state index in [1.165, 1.54) is 11.8 Å². The molecule has 0 spiro atoms. The zero-order valence-corrected chi connectivity index (χ0v) is 19.6. The van der Waals surface area contributed by atoms with Gasteiger partial charge >= 0.3 is 0 Å². The fourth-order valence-corrected chi connectivity index (χ4v) is 4.72. The van der Waals surface area contributed by atoms with Gasteiger partial charge in [0, 0.05) is 11.6 Å². The predicted molar refractivity (Wildman–Crippen MR) is 127 cm³/mol. The van der Waals surface area contributed by atoms with Gasteiger partial charge in [0.1, 0.15) is 10.9 Å². The Morgan fingerprint density at radius 2 is 1.76 bits per heavy atom. The molecule has 0 aromatic heterocycles. The van der Waals surface area contributed by atoms with Crippen molar-refractivity contribution in [3.8, 4) is 5.75 Å². The topological polar surface area (TPSA) is 29.5 Å². The highest BCUT2D eigenvalue weighted by atomic mass is 35.5. The zero-order valence-electron chi connectivity index (χ0n) is 15.7. The molecule has 0 radical (unpaired) electrons. The van der Waals surface area contributed by atoms with E-state index in [2.05, 4.69) is 0 Å². The molecule has 2 aromatic carbocycles. The second-order valence-corrected chi connectivity index (χ2v) is 9.84. The lowest BCUT2D eigenvalue weighted by Crippen LogP contribution is -2.31.